The molecule has 9 nitrogen and oxygen atoms in total. The Balaban J connectivity index is 1.18. The van der Waals surface area contributed by atoms with Crippen LogP contribution in [0.3, 0.4) is 0 Å². The topological polar surface area (TPSA) is 97.1 Å². The summed E-state index contributed by atoms with van der Waals surface area (Å²) in [5, 5.41) is 8.11. The first-order valence-corrected chi connectivity index (χ1v) is 10.4. The highest BCUT2D eigenvalue weighted by molar-refractivity contribution is 5.92. The third kappa shape index (κ3) is 3.49. The van der Waals surface area contributed by atoms with Crippen molar-refractivity contribution >= 4 is 11.8 Å². The molecule has 0 aromatic carbocycles. The number of rotatable bonds is 3. The maximum absolute atomic E-state index is 13.1. The summed E-state index contributed by atoms with van der Waals surface area (Å²) in [6, 6.07) is 0.410. The van der Waals surface area contributed by atoms with Crippen molar-refractivity contribution in [3.8, 4) is 0 Å². The molecule has 1 atom stereocenters. The number of hydrogen-bond donors (Lipinski definition) is 0. The molecule has 2 aliphatic carbocycles. The summed E-state index contributed by atoms with van der Waals surface area (Å²) in [7, 11) is 0. The predicted octanol–water partition coefficient (Wildman–Crippen LogP) is 0.801. The van der Waals surface area contributed by atoms with E-state index in [4.69, 9.17) is 0 Å². The Labute approximate surface area is 169 Å². The SMILES string of the molecule is Cc1ncnc2c1CC(C(=O)N1CCN(C(=O)c3cn(C4CC4)nn3)CC1)CC2. The lowest BCUT2D eigenvalue weighted by atomic mass is 9.85. The van der Waals surface area contributed by atoms with Crippen molar-refractivity contribution < 1.29 is 9.59 Å². The van der Waals surface area contributed by atoms with Gasteiger partial charge < -0.3 is 9.80 Å². The molecule has 29 heavy (non-hydrogen) atoms. The van der Waals surface area contributed by atoms with E-state index in [0.29, 0.717) is 44.3 Å². The predicted molar refractivity (Wildman–Crippen MR) is 103 cm³/mol. The van der Waals surface area contributed by atoms with E-state index in [1.807, 2.05) is 11.8 Å². The fraction of sp³-hybridized carbons (Fsp3) is 0.600. The van der Waals surface area contributed by atoms with E-state index < -0.39 is 0 Å². The molecule has 3 heterocycles. The van der Waals surface area contributed by atoms with Crippen LogP contribution >= 0.6 is 0 Å². The molecular weight excluding hydrogens is 370 g/mol. The second kappa shape index (κ2) is 7.20. The van der Waals surface area contributed by atoms with Gasteiger partial charge in [-0.25, -0.2) is 14.6 Å². The Morgan fingerprint density at radius 1 is 1.03 bits per heavy atom. The number of piperazine rings is 1. The minimum atomic E-state index is -0.0941. The molecule has 2 fully saturated rings. The van der Waals surface area contributed by atoms with Crippen molar-refractivity contribution in [2.45, 2.75) is 45.1 Å². The molecule has 1 saturated carbocycles. The summed E-state index contributed by atoms with van der Waals surface area (Å²) in [5.74, 6) is 0.0712. The second-order valence-electron chi connectivity index (χ2n) is 8.26. The largest absolute Gasteiger partial charge is 0.339 e. The number of hydrogen-bond acceptors (Lipinski definition) is 6. The number of carbonyl (C=O) groups is 2. The second-order valence-corrected chi connectivity index (χ2v) is 8.26. The highest BCUT2D eigenvalue weighted by Crippen LogP contribution is 2.33. The third-order valence-electron chi connectivity index (χ3n) is 6.31. The molecule has 1 aliphatic heterocycles. The Morgan fingerprint density at radius 3 is 2.55 bits per heavy atom. The number of aromatic nitrogens is 5. The zero-order valence-electron chi connectivity index (χ0n) is 16.6. The van der Waals surface area contributed by atoms with E-state index in [1.165, 1.54) is 0 Å². The van der Waals surface area contributed by atoms with Crippen LogP contribution in [0.5, 0.6) is 0 Å². The summed E-state index contributed by atoms with van der Waals surface area (Å²) in [6.07, 6.45) is 7.93. The standard InChI is InChI=1S/C20H25N7O2/c1-13-16-10-14(2-5-17(16)22-12-21-13)19(28)25-6-8-26(9-7-25)20(29)18-11-27(24-23-18)15-3-4-15/h11-12,14-15H,2-10H2,1H3. The molecule has 0 radical (unpaired) electrons. The van der Waals surface area contributed by atoms with Gasteiger partial charge in [-0.2, -0.15) is 0 Å². The van der Waals surface area contributed by atoms with Crippen molar-refractivity contribution in [2.24, 2.45) is 5.92 Å². The van der Waals surface area contributed by atoms with Gasteiger partial charge in [-0.15, -0.1) is 5.10 Å². The van der Waals surface area contributed by atoms with Crippen LogP contribution in [0.1, 0.15) is 52.7 Å². The highest BCUT2D eigenvalue weighted by atomic mass is 16.2. The van der Waals surface area contributed by atoms with E-state index in [9.17, 15) is 9.59 Å². The number of fused-ring (bicyclic) bond motifs is 1. The van der Waals surface area contributed by atoms with Crippen LogP contribution in [-0.4, -0.2) is 72.8 Å². The fourth-order valence-electron chi connectivity index (χ4n) is 4.34. The molecule has 0 N–H and O–H groups in total. The van der Waals surface area contributed by atoms with Crippen LogP contribution in [0.15, 0.2) is 12.5 Å². The maximum Gasteiger partial charge on any atom is 0.276 e. The molecule has 1 unspecified atom stereocenters. The van der Waals surface area contributed by atoms with Crippen molar-refractivity contribution in [2.75, 3.05) is 26.2 Å². The fourth-order valence-corrected chi connectivity index (χ4v) is 4.34. The van der Waals surface area contributed by atoms with Crippen LogP contribution in [-0.2, 0) is 17.6 Å². The lowest BCUT2D eigenvalue weighted by molar-refractivity contribution is -0.137. The van der Waals surface area contributed by atoms with E-state index in [-0.39, 0.29) is 17.7 Å². The summed E-state index contributed by atoms with van der Waals surface area (Å²) < 4.78 is 1.79. The quantitative estimate of drug-likeness (QED) is 0.763. The minimum absolute atomic E-state index is 0.0205. The molecule has 2 amide bonds. The smallest absolute Gasteiger partial charge is 0.276 e. The van der Waals surface area contributed by atoms with Gasteiger partial charge in [-0.05, 0) is 44.6 Å². The van der Waals surface area contributed by atoms with Gasteiger partial charge in [-0.3, -0.25) is 9.59 Å². The molecule has 9 heteroatoms. The summed E-state index contributed by atoms with van der Waals surface area (Å²) >= 11 is 0. The number of amides is 2. The minimum Gasteiger partial charge on any atom is -0.339 e. The normalized spacial score (nSPS) is 21.8. The molecular formula is C20H25N7O2. The average molecular weight is 395 g/mol. The summed E-state index contributed by atoms with van der Waals surface area (Å²) in [6.45, 7) is 4.18. The van der Waals surface area contributed by atoms with Gasteiger partial charge >= 0.3 is 0 Å². The van der Waals surface area contributed by atoms with Gasteiger partial charge in [-0.1, -0.05) is 5.21 Å². The summed E-state index contributed by atoms with van der Waals surface area (Å²) in [4.78, 5) is 38.1. The van der Waals surface area contributed by atoms with Crippen molar-refractivity contribution in [1.82, 2.24) is 34.8 Å². The van der Waals surface area contributed by atoms with Crippen LogP contribution in [0, 0.1) is 12.8 Å². The number of nitrogens with zero attached hydrogens (tertiary/aromatic N) is 7. The average Bonchev–Trinajstić information content (AvgIpc) is 3.49. The van der Waals surface area contributed by atoms with Gasteiger partial charge in [0.1, 0.15) is 6.33 Å². The van der Waals surface area contributed by atoms with Gasteiger partial charge in [0.25, 0.3) is 5.91 Å². The van der Waals surface area contributed by atoms with Crippen LogP contribution in [0.4, 0.5) is 0 Å². The molecule has 5 rings (SSSR count). The van der Waals surface area contributed by atoms with Crippen molar-refractivity contribution in [3.05, 3.63) is 35.2 Å². The first-order chi connectivity index (χ1) is 14.1. The molecule has 1 saturated heterocycles. The van der Waals surface area contributed by atoms with E-state index in [0.717, 1.165) is 42.6 Å². The maximum atomic E-state index is 13.1. The zero-order valence-corrected chi connectivity index (χ0v) is 16.6. The molecule has 152 valence electrons. The zero-order chi connectivity index (χ0) is 20.0. The van der Waals surface area contributed by atoms with Crippen LogP contribution < -0.4 is 0 Å². The van der Waals surface area contributed by atoms with Gasteiger partial charge in [0, 0.05) is 43.5 Å². The van der Waals surface area contributed by atoms with E-state index in [2.05, 4.69) is 20.3 Å². The number of carbonyl (C=O) groups excluding carboxylic acids is 2. The Bertz CT molecular complexity index is 944. The Morgan fingerprint density at radius 2 is 1.79 bits per heavy atom. The first-order valence-electron chi connectivity index (χ1n) is 10.4. The first kappa shape index (κ1) is 18.2. The lowest BCUT2D eigenvalue weighted by Gasteiger charge is -2.37. The van der Waals surface area contributed by atoms with Gasteiger partial charge in [0.05, 0.1) is 12.2 Å². The van der Waals surface area contributed by atoms with E-state index >= 15 is 0 Å². The molecule has 2 aromatic rings. The Kier molecular flexibility index (Phi) is 4.52. The lowest BCUT2D eigenvalue weighted by Crippen LogP contribution is -2.52. The van der Waals surface area contributed by atoms with Crippen molar-refractivity contribution in [1.29, 1.82) is 0 Å². The molecule has 2 aromatic heterocycles. The van der Waals surface area contributed by atoms with Gasteiger partial charge in [0.2, 0.25) is 5.91 Å². The van der Waals surface area contributed by atoms with Crippen LogP contribution in [0.25, 0.3) is 0 Å². The van der Waals surface area contributed by atoms with Gasteiger partial charge in [0.15, 0.2) is 5.69 Å². The number of aryl methyl sites for hydroxylation is 2. The van der Waals surface area contributed by atoms with Crippen LogP contribution in [0.2, 0.25) is 0 Å². The Hall–Kier alpha value is -2.84. The summed E-state index contributed by atoms with van der Waals surface area (Å²) in [5.41, 5.74) is 3.58. The highest BCUT2D eigenvalue weighted by Gasteiger charge is 2.33. The molecule has 0 bridgehead atoms. The van der Waals surface area contributed by atoms with Crippen molar-refractivity contribution in [3.63, 3.8) is 0 Å². The monoisotopic (exact) mass is 395 g/mol. The molecule has 3 aliphatic rings. The third-order valence-corrected chi connectivity index (χ3v) is 6.31. The van der Waals surface area contributed by atoms with E-state index in [1.54, 1.807) is 22.1 Å². The molecule has 0 spiro atoms.